The van der Waals surface area contributed by atoms with Crippen LogP contribution in [0.4, 0.5) is 0 Å². The van der Waals surface area contributed by atoms with E-state index in [4.69, 9.17) is 9.47 Å². The summed E-state index contributed by atoms with van der Waals surface area (Å²) in [6.07, 6.45) is 2.30. The minimum atomic E-state index is -1.08. The van der Waals surface area contributed by atoms with Crippen molar-refractivity contribution in [2.45, 2.75) is 70.0 Å². The van der Waals surface area contributed by atoms with E-state index in [0.717, 1.165) is 55.8 Å². The Labute approximate surface area is 161 Å². The van der Waals surface area contributed by atoms with Crippen LogP contribution >= 0.6 is 0 Å². The quantitative estimate of drug-likeness (QED) is 0.700. The van der Waals surface area contributed by atoms with Gasteiger partial charge < -0.3 is 24.8 Å². The first-order valence-corrected chi connectivity index (χ1v) is 10.00. The van der Waals surface area contributed by atoms with Crippen LogP contribution in [0.1, 0.15) is 50.7 Å². The van der Waals surface area contributed by atoms with E-state index in [1.54, 1.807) is 6.92 Å². The molecule has 0 amide bonds. The van der Waals surface area contributed by atoms with Gasteiger partial charge in [-0.1, -0.05) is 13.0 Å². The third kappa shape index (κ3) is 4.81. The van der Waals surface area contributed by atoms with Crippen LogP contribution in [-0.4, -0.2) is 63.8 Å². The van der Waals surface area contributed by atoms with E-state index >= 15 is 0 Å². The van der Waals surface area contributed by atoms with Crippen molar-refractivity contribution in [3.63, 3.8) is 0 Å². The van der Waals surface area contributed by atoms with E-state index in [1.807, 2.05) is 12.1 Å². The molecule has 0 aromatic heterocycles. The van der Waals surface area contributed by atoms with Gasteiger partial charge in [0.15, 0.2) is 0 Å². The molecule has 0 aliphatic carbocycles. The lowest BCUT2D eigenvalue weighted by atomic mass is 9.76. The molecule has 27 heavy (non-hydrogen) atoms. The molecule has 0 saturated carbocycles. The molecule has 2 aliphatic rings. The molecule has 0 bridgehead atoms. The molecule has 152 valence electrons. The Balaban J connectivity index is 1.58. The molecule has 0 radical (unpaired) electrons. The zero-order valence-corrected chi connectivity index (χ0v) is 16.5. The van der Waals surface area contributed by atoms with Gasteiger partial charge in [-0.3, -0.25) is 4.90 Å². The number of nitrogens with zero attached hydrogens (tertiary/aromatic N) is 1. The van der Waals surface area contributed by atoms with Gasteiger partial charge in [-0.05, 0) is 43.9 Å². The number of benzene rings is 1. The maximum atomic E-state index is 10.4. The van der Waals surface area contributed by atoms with Gasteiger partial charge in [0.1, 0.15) is 11.9 Å². The van der Waals surface area contributed by atoms with Crippen molar-refractivity contribution >= 4 is 0 Å². The molecule has 3 N–H and O–H groups in total. The van der Waals surface area contributed by atoms with Gasteiger partial charge in [0.25, 0.3) is 0 Å². The maximum absolute atomic E-state index is 10.4. The van der Waals surface area contributed by atoms with E-state index in [9.17, 15) is 15.3 Å². The Hall–Kier alpha value is -1.18. The van der Waals surface area contributed by atoms with Crippen molar-refractivity contribution in [2.75, 3.05) is 26.3 Å². The standard InChI is InChI=1S/C21H33NO5/c1-3-10-26-18-5-4-16(11-17(18)13-23)12-22-8-6-21(7-9-22)15-20(2,25)19(24)14-27-21/h4-5,11,19,23-25H,3,6-10,12-15H2,1-2H3/t19-,20-/m0/s1. The summed E-state index contributed by atoms with van der Waals surface area (Å²) in [6, 6.07) is 6.03. The molecule has 6 heteroatoms. The van der Waals surface area contributed by atoms with Crippen LogP contribution in [-0.2, 0) is 17.9 Å². The normalized spacial score (nSPS) is 28.4. The summed E-state index contributed by atoms with van der Waals surface area (Å²) in [5.41, 5.74) is 0.582. The third-order valence-electron chi connectivity index (χ3n) is 5.88. The monoisotopic (exact) mass is 379 g/mol. The highest BCUT2D eigenvalue weighted by Crippen LogP contribution is 2.39. The average Bonchev–Trinajstić information content (AvgIpc) is 2.65. The first kappa shape index (κ1) is 20.6. The second-order valence-corrected chi connectivity index (χ2v) is 8.27. The first-order chi connectivity index (χ1) is 12.9. The Morgan fingerprint density at radius 1 is 1.30 bits per heavy atom. The maximum Gasteiger partial charge on any atom is 0.124 e. The van der Waals surface area contributed by atoms with Gasteiger partial charge in [0.2, 0.25) is 0 Å². The lowest BCUT2D eigenvalue weighted by molar-refractivity contribution is -0.223. The van der Waals surface area contributed by atoms with Crippen molar-refractivity contribution in [3.8, 4) is 5.75 Å². The smallest absolute Gasteiger partial charge is 0.124 e. The lowest BCUT2D eigenvalue weighted by Gasteiger charge is -2.50. The zero-order chi connectivity index (χ0) is 19.5. The van der Waals surface area contributed by atoms with Crippen molar-refractivity contribution in [1.82, 2.24) is 4.90 Å². The Morgan fingerprint density at radius 2 is 2.04 bits per heavy atom. The highest BCUT2D eigenvalue weighted by Gasteiger charge is 2.48. The van der Waals surface area contributed by atoms with E-state index < -0.39 is 11.7 Å². The number of likely N-dealkylation sites (tertiary alicyclic amines) is 1. The lowest BCUT2D eigenvalue weighted by Crippen LogP contribution is -2.59. The minimum Gasteiger partial charge on any atom is -0.493 e. The molecule has 2 fully saturated rings. The van der Waals surface area contributed by atoms with Gasteiger partial charge in [0, 0.05) is 31.6 Å². The molecule has 2 aliphatic heterocycles. The van der Waals surface area contributed by atoms with Crippen LogP contribution in [0.15, 0.2) is 18.2 Å². The fourth-order valence-corrected chi connectivity index (χ4v) is 4.16. The summed E-state index contributed by atoms with van der Waals surface area (Å²) in [4.78, 5) is 2.37. The number of piperidine rings is 1. The van der Waals surface area contributed by atoms with E-state index in [0.29, 0.717) is 13.0 Å². The summed E-state index contributed by atoms with van der Waals surface area (Å²) in [6.45, 7) is 7.17. The number of hydrogen-bond donors (Lipinski definition) is 3. The summed E-state index contributed by atoms with van der Waals surface area (Å²) in [7, 11) is 0. The van der Waals surface area contributed by atoms with E-state index in [-0.39, 0.29) is 18.8 Å². The number of ether oxygens (including phenoxy) is 2. The predicted molar refractivity (Wildman–Crippen MR) is 103 cm³/mol. The highest BCUT2D eigenvalue weighted by molar-refractivity contribution is 5.37. The van der Waals surface area contributed by atoms with Crippen molar-refractivity contribution < 1.29 is 24.8 Å². The first-order valence-electron chi connectivity index (χ1n) is 10.00. The van der Waals surface area contributed by atoms with Gasteiger partial charge >= 0.3 is 0 Å². The van der Waals surface area contributed by atoms with Crippen LogP contribution in [0.5, 0.6) is 5.75 Å². The second kappa shape index (κ2) is 8.45. The molecule has 3 rings (SSSR count). The molecular formula is C21H33NO5. The van der Waals surface area contributed by atoms with E-state index in [1.165, 1.54) is 0 Å². The molecule has 2 saturated heterocycles. The Kier molecular flexibility index (Phi) is 6.43. The predicted octanol–water partition coefficient (Wildman–Crippen LogP) is 1.83. The fraction of sp³-hybridized carbons (Fsp3) is 0.714. The van der Waals surface area contributed by atoms with Crippen LogP contribution in [0.25, 0.3) is 0 Å². The summed E-state index contributed by atoms with van der Waals surface area (Å²) >= 11 is 0. The number of rotatable bonds is 6. The molecule has 0 unspecified atom stereocenters. The molecule has 1 aromatic carbocycles. The third-order valence-corrected chi connectivity index (χ3v) is 5.88. The van der Waals surface area contributed by atoms with Crippen LogP contribution in [0, 0.1) is 0 Å². The minimum absolute atomic E-state index is 0.0265. The summed E-state index contributed by atoms with van der Waals surface area (Å²) < 4.78 is 11.6. The van der Waals surface area contributed by atoms with Crippen LogP contribution < -0.4 is 4.74 Å². The van der Waals surface area contributed by atoms with Gasteiger partial charge in [-0.2, -0.15) is 0 Å². The average molecular weight is 379 g/mol. The Morgan fingerprint density at radius 3 is 2.67 bits per heavy atom. The van der Waals surface area contributed by atoms with Crippen LogP contribution in [0.2, 0.25) is 0 Å². The largest absolute Gasteiger partial charge is 0.493 e. The second-order valence-electron chi connectivity index (χ2n) is 8.27. The van der Waals surface area contributed by atoms with Gasteiger partial charge in [0.05, 0.1) is 31.0 Å². The van der Waals surface area contributed by atoms with Crippen molar-refractivity contribution in [3.05, 3.63) is 29.3 Å². The summed E-state index contributed by atoms with van der Waals surface area (Å²) in [5.74, 6) is 0.761. The van der Waals surface area contributed by atoms with Crippen LogP contribution in [0.3, 0.4) is 0 Å². The van der Waals surface area contributed by atoms with E-state index in [2.05, 4.69) is 17.9 Å². The number of aliphatic hydroxyl groups is 3. The number of aliphatic hydroxyl groups excluding tert-OH is 2. The molecule has 6 nitrogen and oxygen atoms in total. The fourth-order valence-electron chi connectivity index (χ4n) is 4.16. The molecule has 1 aromatic rings. The highest BCUT2D eigenvalue weighted by atomic mass is 16.5. The molecule has 2 atom stereocenters. The molecule has 2 heterocycles. The van der Waals surface area contributed by atoms with Crippen molar-refractivity contribution in [1.29, 1.82) is 0 Å². The number of hydrogen-bond acceptors (Lipinski definition) is 6. The molecule has 1 spiro atoms. The Bertz CT molecular complexity index is 625. The van der Waals surface area contributed by atoms with Gasteiger partial charge in [-0.15, -0.1) is 0 Å². The SMILES string of the molecule is CCCOc1ccc(CN2CCC3(CC2)C[C@](C)(O)[C@@H](O)CO3)cc1CO. The van der Waals surface area contributed by atoms with Crippen molar-refractivity contribution in [2.24, 2.45) is 0 Å². The summed E-state index contributed by atoms with van der Waals surface area (Å²) in [5, 5.41) is 30.0. The topological polar surface area (TPSA) is 82.4 Å². The van der Waals surface area contributed by atoms with Gasteiger partial charge in [-0.25, -0.2) is 0 Å². The molecular weight excluding hydrogens is 346 g/mol. The zero-order valence-electron chi connectivity index (χ0n) is 16.5.